The van der Waals surface area contributed by atoms with Crippen LogP contribution in [-0.4, -0.2) is 65.6 Å². The molecule has 0 spiro atoms. The lowest BCUT2D eigenvalue weighted by molar-refractivity contribution is 0.0963. The summed E-state index contributed by atoms with van der Waals surface area (Å²) in [5.74, 6) is 2.26. The fraction of sp³-hybridized carbons (Fsp3) is 0.333. The lowest BCUT2D eigenvalue weighted by atomic mass is 9.90. The second kappa shape index (κ2) is 7.55. The summed E-state index contributed by atoms with van der Waals surface area (Å²) in [6.45, 7) is 0.955. The molecule has 3 aromatic rings. The molecule has 2 aliphatic rings. The van der Waals surface area contributed by atoms with Crippen molar-refractivity contribution in [2.24, 2.45) is 0 Å². The molecule has 2 aromatic carbocycles. The highest BCUT2D eigenvalue weighted by Gasteiger charge is 2.38. The van der Waals surface area contributed by atoms with E-state index in [9.17, 15) is 4.79 Å². The van der Waals surface area contributed by atoms with E-state index < -0.39 is 0 Å². The maximum Gasteiger partial charge on any atom is 0.253 e. The largest absolute Gasteiger partial charge is 0.492 e. The third-order valence-electron chi connectivity index (χ3n) is 5.74. The number of fused-ring (bicyclic) bond motifs is 2. The molecule has 0 saturated heterocycles. The Morgan fingerprint density at radius 3 is 2.94 bits per heavy atom. The van der Waals surface area contributed by atoms with Crippen LogP contribution >= 0.6 is 0 Å². The van der Waals surface area contributed by atoms with E-state index in [1.54, 1.807) is 24.9 Å². The van der Waals surface area contributed by atoms with Gasteiger partial charge in [-0.25, -0.2) is 0 Å². The minimum absolute atomic E-state index is 0.159. The minimum atomic E-state index is -0.305. The molecule has 160 valence electrons. The third kappa shape index (κ3) is 2.98. The van der Waals surface area contributed by atoms with Crippen molar-refractivity contribution in [1.29, 1.82) is 0 Å². The quantitative estimate of drug-likeness (QED) is 0.672. The normalized spacial score (nSPS) is 17.3. The molecule has 0 radical (unpaired) electrons. The summed E-state index contributed by atoms with van der Waals surface area (Å²) in [5, 5.41) is 15.2. The number of carbonyl (C=O) groups excluding carboxylic acids is 1. The van der Waals surface area contributed by atoms with Crippen molar-refractivity contribution in [3.8, 4) is 22.9 Å². The Balaban J connectivity index is 1.70. The van der Waals surface area contributed by atoms with Crippen molar-refractivity contribution < 1.29 is 19.0 Å². The summed E-state index contributed by atoms with van der Waals surface area (Å²) in [4.78, 5) is 14.6. The molecule has 3 heterocycles. The monoisotopic (exact) mass is 422 g/mol. The summed E-state index contributed by atoms with van der Waals surface area (Å²) in [5.41, 5.74) is 3.12. The van der Waals surface area contributed by atoms with Gasteiger partial charge in [0.15, 0.2) is 17.3 Å². The molecule has 10 nitrogen and oxygen atoms in total. The average Bonchev–Trinajstić information content (AvgIpc) is 3.46. The van der Waals surface area contributed by atoms with Crippen molar-refractivity contribution in [3.63, 3.8) is 0 Å². The molecule has 0 unspecified atom stereocenters. The van der Waals surface area contributed by atoms with Crippen LogP contribution < -0.4 is 19.5 Å². The van der Waals surface area contributed by atoms with Crippen molar-refractivity contribution in [1.82, 2.24) is 30.4 Å². The number of benzene rings is 2. The van der Waals surface area contributed by atoms with Gasteiger partial charge in [0.1, 0.15) is 6.04 Å². The summed E-state index contributed by atoms with van der Waals surface area (Å²) < 4.78 is 18.7. The van der Waals surface area contributed by atoms with Crippen LogP contribution in [-0.2, 0) is 6.42 Å². The number of ether oxygens (including phenoxy) is 3. The Bertz CT molecular complexity index is 1160. The van der Waals surface area contributed by atoms with Crippen LogP contribution in [0.3, 0.4) is 0 Å². The lowest BCUT2D eigenvalue weighted by Gasteiger charge is -2.34. The van der Waals surface area contributed by atoms with Crippen LogP contribution in [0.15, 0.2) is 30.3 Å². The highest BCUT2D eigenvalue weighted by Crippen LogP contribution is 2.50. The Labute approximate surface area is 178 Å². The highest BCUT2D eigenvalue weighted by atomic mass is 16.7. The van der Waals surface area contributed by atoms with Gasteiger partial charge in [-0.3, -0.25) is 9.69 Å². The van der Waals surface area contributed by atoms with Crippen LogP contribution in [0, 0.1) is 0 Å². The summed E-state index contributed by atoms with van der Waals surface area (Å²) in [7, 11) is 5.23. The molecule has 10 heteroatoms. The SMILES string of the molecule is CNC(=O)c1ccccc1-n1nnnc1[C@@H]1c2c(cc3c(c2OC)OCO3)CCN1C. The van der Waals surface area contributed by atoms with Gasteiger partial charge in [-0.2, -0.15) is 4.68 Å². The molecule has 0 saturated carbocycles. The van der Waals surface area contributed by atoms with E-state index in [0.717, 1.165) is 24.1 Å². The number of aromatic nitrogens is 4. The Hall–Kier alpha value is -3.66. The van der Waals surface area contributed by atoms with Crippen molar-refractivity contribution >= 4 is 5.91 Å². The van der Waals surface area contributed by atoms with Gasteiger partial charge >= 0.3 is 0 Å². The zero-order chi connectivity index (χ0) is 21.5. The third-order valence-corrected chi connectivity index (χ3v) is 5.74. The van der Waals surface area contributed by atoms with Crippen LogP contribution in [0.2, 0.25) is 0 Å². The maximum atomic E-state index is 12.5. The predicted octanol–water partition coefficient (Wildman–Crippen LogP) is 1.34. The van der Waals surface area contributed by atoms with Gasteiger partial charge in [-0.1, -0.05) is 12.1 Å². The molecular formula is C21H22N6O4. The number of nitrogens with one attached hydrogen (secondary N) is 1. The molecule has 1 amide bonds. The number of tetrazole rings is 1. The fourth-order valence-corrected chi connectivity index (χ4v) is 4.28. The predicted molar refractivity (Wildman–Crippen MR) is 110 cm³/mol. The van der Waals surface area contributed by atoms with Crippen molar-refractivity contribution in [2.45, 2.75) is 12.5 Å². The average molecular weight is 422 g/mol. The Morgan fingerprint density at radius 1 is 1.29 bits per heavy atom. The number of likely N-dealkylation sites (N-methyl/N-ethyl adjacent to an activating group) is 1. The Morgan fingerprint density at radius 2 is 2.13 bits per heavy atom. The van der Waals surface area contributed by atoms with Crippen molar-refractivity contribution in [3.05, 3.63) is 52.8 Å². The molecule has 0 fully saturated rings. The van der Waals surface area contributed by atoms with Crippen molar-refractivity contribution in [2.75, 3.05) is 34.5 Å². The molecular weight excluding hydrogens is 400 g/mol. The Kier molecular flexibility index (Phi) is 4.70. The first kappa shape index (κ1) is 19.3. The van der Waals surface area contributed by atoms with E-state index in [-0.39, 0.29) is 18.7 Å². The zero-order valence-electron chi connectivity index (χ0n) is 17.5. The molecule has 1 atom stereocenters. The topological polar surface area (TPSA) is 104 Å². The number of rotatable bonds is 4. The second-order valence-corrected chi connectivity index (χ2v) is 7.39. The number of carbonyl (C=O) groups is 1. The number of hydrogen-bond donors (Lipinski definition) is 1. The molecule has 1 aromatic heterocycles. The zero-order valence-corrected chi connectivity index (χ0v) is 17.5. The molecule has 31 heavy (non-hydrogen) atoms. The van der Waals surface area contributed by atoms with E-state index in [2.05, 4.69) is 25.7 Å². The first-order valence-electron chi connectivity index (χ1n) is 9.93. The van der Waals surface area contributed by atoms with E-state index in [1.807, 2.05) is 31.3 Å². The van der Waals surface area contributed by atoms with E-state index >= 15 is 0 Å². The van der Waals surface area contributed by atoms with Gasteiger partial charge in [0.2, 0.25) is 12.5 Å². The number of amides is 1. The molecule has 1 N–H and O–H groups in total. The molecule has 0 bridgehead atoms. The molecule has 0 aliphatic carbocycles. The number of para-hydroxylation sites is 1. The highest BCUT2D eigenvalue weighted by molar-refractivity contribution is 5.97. The smallest absolute Gasteiger partial charge is 0.253 e. The van der Waals surface area contributed by atoms with Crippen LogP contribution in [0.4, 0.5) is 0 Å². The summed E-state index contributed by atoms with van der Waals surface area (Å²) in [6.07, 6.45) is 0.825. The summed E-state index contributed by atoms with van der Waals surface area (Å²) in [6, 6.07) is 8.93. The van der Waals surface area contributed by atoms with E-state index in [0.29, 0.717) is 34.3 Å². The van der Waals surface area contributed by atoms with Crippen LogP contribution in [0.1, 0.15) is 33.4 Å². The van der Waals surface area contributed by atoms with Gasteiger partial charge in [0.25, 0.3) is 5.91 Å². The fourth-order valence-electron chi connectivity index (χ4n) is 4.28. The van der Waals surface area contributed by atoms with E-state index in [1.165, 1.54) is 0 Å². The van der Waals surface area contributed by atoms with Crippen LogP contribution in [0.5, 0.6) is 17.2 Å². The van der Waals surface area contributed by atoms with Gasteiger partial charge in [-0.05, 0) is 47.7 Å². The van der Waals surface area contributed by atoms with Gasteiger partial charge in [0.05, 0.1) is 18.4 Å². The van der Waals surface area contributed by atoms with Gasteiger partial charge in [0, 0.05) is 19.2 Å². The number of methoxy groups -OCH3 is 1. The molecule has 5 rings (SSSR count). The van der Waals surface area contributed by atoms with Gasteiger partial charge in [-0.15, -0.1) is 5.10 Å². The minimum Gasteiger partial charge on any atom is -0.492 e. The summed E-state index contributed by atoms with van der Waals surface area (Å²) >= 11 is 0. The molecule has 2 aliphatic heterocycles. The first-order valence-corrected chi connectivity index (χ1v) is 9.93. The number of hydrogen-bond acceptors (Lipinski definition) is 8. The van der Waals surface area contributed by atoms with E-state index in [4.69, 9.17) is 14.2 Å². The second-order valence-electron chi connectivity index (χ2n) is 7.39. The first-order chi connectivity index (χ1) is 15.1. The van der Waals surface area contributed by atoms with Gasteiger partial charge < -0.3 is 19.5 Å². The number of nitrogens with zero attached hydrogens (tertiary/aromatic N) is 5. The maximum absolute atomic E-state index is 12.5. The lowest BCUT2D eigenvalue weighted by Crippen LogP contribution is -2.35. The van der Waals surface area contributed by atoms with Crippen LogP contribution in [0.25, 0.3) is 5.69 Å². The standard InChI is InChI=1S/C21H22N6O4/c1-22-21(28)13-6-4-5-7-14(13)27-20(23-24-25-27)17-16-12(8-9-26(17)2)10-15-18(19(16)29-3)31-11-30-15/h4-7,10,17H,8-9,11H2,1-3H3,(H,22,28)/t17-/m0/s1.